The summed E-state index contributed by atoms with van der Waals surface area (Å²) in [6.07, 6.45) is 1.62. The number of hydrogen-bond donors (Lipinski definition) is 2. The van der Waals surface area contributed by atoms with E-state index in [2.05, 4.69) is 10.6 Å². The van der Waals surface area contributed by atoms with E-state index in [0.717, 1.165) is 22.2 Å². The Hall–Kier alpha value is -2.59. The molecule has 1 heterocycles. The van der Waals surface area contributed by atoms with Crippen LogP contribution in [-0.2, 0) is 11.3 Å². The van der Waals surface area contributed by atoms with Crippen molar-refractivity contribution in [3.63, 3.8) is 0 Å². The van der Waals surface area contributed by atoms with Gasteiger partial charge in [0, 0.05) is 5.69 Å². The van der Waals surface area contributed by atoms with Gasteiger partial charge in [-0.3, -0.25) is 4.79 Å². The third-order valence-electron chi connectivity index (χ3n) is 3.20. The SMILES string of the molecule is O=C(CNCc1ccco1)Nc1ccc2ccccc2c1. The Morgan fingerprint density at radius 1 is 1.00 bits per heavy atom. The Morgan fingerprint density at radius 2 is 1.86 bits per heavy atom. The Labute approximate surface area is 122 Å². The molecule has 0 bridgehead atoms. The highest BCUT2D eigenvalue weighted by molar-refractivity contribution is 5.95. The second kappa shape index (κ2) is 6.24. The fraction of sp³-hybridized carbons (Fsp3) is 0.118. The average molecular weight is 280 g/mol. The second-order valence-corrected chi connectivity index (χ2v) is 4.79. The van der Waals surface area contributed by atoms with Gasteiger partial charge in [0.25, 0.3) is 0 Å². The van der Waals surface area contributed by atoms with Crippen molar-refractivity contribution in [3.05, 3.63) is 66.6 Å². The van der Waals surface area contributed by atoms with Crippen LogP contribution in [0.2, 0.25) is 0 Å². The first-order valence-electron chi connectivity index (χ1n) is 6.83. The zero-order valence-electron chi connectivity index (χ0n) is 11.5. The summed E-state index contributed by atoms with van der Waals surface area (Å²) in [5.41, 5.74) is 0.804. The summed E-state index contributed by atoms with van der Waals surface area (Å²) in [6.45, 7) is 0.783. The quantitative estimate of drug-likeness (QED) is 0.755. The van der Waals surface area contributed by atoms with Crippen LogP contribution in [0.25, 0.3) is 10.8 Å². The van der Waals surface area contributed by atoms with Crippen molar-refractivity contribution >= 4 is 22.4 Å². The van der Waals surface area contributed by atoms with Gasteiger partial charge >= 0.3 is 0 Å². The van der Waals surface area contributed by atoms with Crippen LogP contribution in [0, 0.1) is 0 Å². The molecule has 4 heteroatoms. The summed E-state index contributed by atoms with van der Waals surface area (Å²) in [6, 6.07) is 17.6. The van der Waals surface area contributed by atoms with Gasteiger partial charge < -0.3 is 15.1 Å². The van der Waals surface area contributed by atoms with Crippen molar-refractivity contribution in [2.45, 2.75) is 6.54 Å². The van der Waals surface area contributed by atoms with Crippen LogP contribution in [0.3, 0.4) is 0 Å². The number of benzene rings is 2. The molecule has 0 aliphatic rings. The van der Waals surface area contributed by atoms with Crippen LogP contribution >= 0.6 is 0 Å². The molecule has 3 aromatic rings. The summed E-state index contributed by atoms with van der Waals surface area (Å²) in [4.78, 5) is 11.9. The standard InChI is InChI=1S/C17H16N2O2/c20-17(12-18-11-16-6-3-9-21-16)19-15-8-7-13-4-1-2-5-14(13)10-15/h1-10,18H,11-12H2,(H,19,20). The van der Waals surface area contributed by atoms with Gasteiger partial charge in [-0.15, -0.1) is 0 Å². The van der Waals surface area contributed by atoms with Crippen LogP contribution in [0.1, 0.15) is 5.76 Å². The average Bonchev–Trinajstić information content (AvgIpc) is 3.00. The van der Waals surface area contributed by atoms with Crippen molar-refractivity contribution in [3.8, 4) is 0 Å². The molecule has 0 atom stereocenters. The topological polar surface area (TPSA) is 54.3 Å². The van der Waals surface area contributed by atoms with Crippen molar-refractivity contribution in [1.82, 2.24) is 5.32 Å². The molecule has 0 aliphatic heterocycles. The number of carbonyl (C=O) groups excluding carboxylic acids is 1. The fourth-order valence-electron chi connectivity index (χ4n) is 2.18. The molecule has 0 radical (unpaired) electrons. The van der Waals surface area contributed by atoms with E-state index < -0.39 is 0 Å². The molecule has 0 fully saturated rings. The van der Waals surface area contributed by atoms with Crippen LogP contribution < -0.4 is 10.6 Å². The molecule has 3 rings (SSSR count). The van der Waals surface area contributed by atoms with E-state index in [0.29, 0.717) is 6.54 Å². The minimum absolute atomic E-state index is 0.0724. The number of carbonyl (C=O) groups is 1. The molecule has 2 N–H and O–H groups in total. The van der Waals surface area contributed by atoms with Crippen LogP contribution in [0.15, 0.2) is 65.3 Å². The molecule has 0 spiro atoms. The highest BCUT2D eigenvalue weighted by Gasteiger charge is 2.03. The van der Waals surface area contributed by atoms with E-state index in [1.807, 2.05) is 54.6 Å². The van der Waals surface area contributed by atoms with Gasteiger partial charge in [0.1, 0.15) is 5.76 Å². The molecule has 4 nitrogen and oxygen atoms in total. The van der Waals surface area contributed by atoms with Gasteiger partial charge in [-0.05, 0) is 35.0 Å². The predicted octanol–water partition coefficient (Wildman–Crippen LogP) is 3.16. The summed E-state index contributed by atoms with van der Waals surface area (Å²) < 4.78 is 5.19. The number of nitrogens with one attached hydrogen (secondary N) is 2. The van der Waals surface area contributed by atoms with Crippen LogP contribution in [-0.4, -0.2) is 12.5 Å². The Bertz CT molecular complexity index is 735. The summed E-state index contributed by atoms with van der Waals surface area (Å²) in [5.74, 6) is 0.741. The molecular formula is C17H16N2O2. The van der Waals surface area contributed by atoms with E-state index in [1.165, 1.54) is 0 Å². The predicted molar refractivity (Wildman–Crippen MR) is 83.0 cm³/mol. The highest BCUT2D eigenvalue weighted by Crippen LogP contribution is 2.18. The number of fused-ring (bicyclic) bond motifs is 1. The maximum Gasteiger partial charge on any atom is 0.238 e. The Kier molecular flexibility index (Phi) is 3.98. The maximum atomic E-state index is 11.9. The molecule has 0 saturated heterocycles. The lowest BCUT2D eigenvalue weighted by Gasteiger charge is -2.07. The molecule has 0 saturated carbocycles. The zero-order chi connectivity index (χ0) is 14.5. The van der Waals surface area contributed by atoms with E-state index in [1.54, 1.807) is 6.26 Å². The minimum Gasteiger partial charge on any atom is -0.468 e. The van der Waals surface area contributed by atoms with Crippen molar-refractivity contribution < 1.29 is 9.21 Å². The normalized spacial score (nSPS) is 10.7. The first-order valence-corrected chi connectivity index (χ1v) is 6.83. The van der Waals surface area contributed by atoms with E-state index in [4.69, 9.17) is 4.42 Å². The van der Waals surface area contributed by atoms with E-state index >= 15 is 0 Å². The molecule has 1 aromatic heterocycles. The number of furan rings is 1. The lowest BCUT2D eigenvalue weighted by molar-refractivity contribution is -0.115. The highest BCUT2D eigenvalue weighted by atomic mass is 16.3. The molecule has 2 aromatic carbocycles. The van der Waals surface area contributed by atoms with Crippen LogP contribution in [0.4, 0.5) is 5.69 Å². The number of rotatable bonds is 5. The summed E-state index contributed by atoms with van der Waals surface area (Å²) >= 11 is 0. The third-order valence-corrected chi connectivity index (χ3v) is 3.20. The van der Waals surface area contributed by atoms with Crippen LogP contribution in [0.5, 0.6) is 0 Å². The van der Waals surface area contributed by atoms with E-state index in [9.17, 15) is 4.79 Å². The Balaban J connectivity index is 1.55. The van der Waals surface area contributed by atoms with Crippen molar-refractivity contribution in [2.24, 2.45) is 0 Å². The molecule has 0 aliphatic carbocycles. The number of amides is 1. The lowest BCUT2D eigenvalue weighted by Crippen LogP contribution is -2.27. The Morgan fingerprint density at radius 3 is 2.67 bits per heavy atom. The molecule has 106 valence electrons. The molecular weight excluding hydrogens is 264 g/mol. The van der Waals surface area contributed by atoms with Gasteiger partial charge in [0.2, 0.25) is 5.91 Å². The fourth-order valence-corrected chi connectivity index (χ4v) is 2.18. The molecule has 1 amide bonds. The first kappa shape index (κ1) is 13.4. The van der Waals surface area contributed by atoms with Crippen molar-refractivity contribution in [1.29, 1.82) is 0 Å². The largest absolute Gasteiger partial charge is 0.468 e. The smallest absolute Gasteiger partial charge is 0.238 e. The van der Waals surface area contributed by atoms with Gasteiger partial charge in [0.05, 0.1) is 19.4 Å². The first-order chi connectivity index (χ1) is 10.3. The maximum absolute atomic E-state index is 11.9. The number of anilines is 1. The molecule has 0 unspecified atom stereocenters. The lowest BCUT2D eigenvalue weighted by atomic mass is 10.1. The van der Waals surface area contributed by atoms with Gasteiger partial charge in [0.15, 0.2) is 0 Å². The molecule has 21 heavy (non-hydrogen) atoms. The van der Waals surface area contributed by atoms with Gasteiger partial charge in [-0.2, -0.15) is 0 Å². The second-order valence-electron chi connectivity index (χ2n) is 4.79. The van der Waals surface area contributed by atoms with Gasteiger partial charge in [-0.1, -0.05) is 30.3 Å². The summed E-state index contributed by atoms with van der Waals surface area (Å²) in [7, 11) is 0. The van der Waals surface area contributed by atoms with Crippen molar-refractivity contribution in [2.75, 3.05) is 11.9 Å². The van der Waals surface area contributed by atoms with E-state index in [-0.39, 0.29) is 12.5 Å². The minimum atomic E-state index is -0.0724. The summed E-state index contributed by atoms with van der Waals surface area (Å²) in [5, 5.41) is 8.19. The number of hydrogen-bond acceptors (Lipinski definition) is 3. The third kappa shape index (κ3) is 3.49. The zero-order valence-corrected chi connectivity index (χ0v) is 11.5. The van der Waals surface area contributed by atoms with Gasteiger partial charge in [-0.25, -0.2) is 0 Å². The monoisotopic (exact) mass is 280 g/mol.